The van der Waals surface area contributed by atoms with E-state index >= 15 is 0 Å². The van der Waals surface area contributed by atoms with Gasteiger partial charge in [0, 0.05) is 24.0 Å². The highest BCUT2D eigenvalue weighted by atomic mass is 15.0. The van der Waals surface area contributed by atoms with Gasteiger partial charge in [-0.2, -0.15) is 0 Å². The van der Waals surface area contributed by atoms with E-state index in [9.17, 15) is 0 Å². The Bertz CT molecular complexity index is 525. The zero-order valence-corrected chi connectivity index (χ0v) is 9.45. The SMILES string of the molecule is Cc1nc(C2CCC2)c2c(CN)c[nH]c2n1. The van der Waals surface area contributed by atoms with Crippen LogP contribution >= 0.6 is 0 Å². The average Bonchev–Trinajstić information content (AvgIpc) is 2.57. The molecule has 0 spiro atoms. The number of hydrogen-bond donors (Lipinski definition) is 2. The molecule has 0 amide bonds. The molecule has 84 valence electrons. The van der Waals surface area contributed by atoms with Crippen LogP contribution in [0.15, 0.2) is 6.20 Å². The highest BCUT2D eigenvalue weighted by Crippen LogP contribution is 2.39. The summed E-state index contributed by atoms with van der Waals surface area (Å²) in [6.07, 6.45) is 5.78. The summed E-state index contributed by atoms with van der Waals surface area (Å²) in [6.45, 7) is 2.50. The van der Waals surface area contributed by atoms with Gasteiger partial charge in [-0.05, 0) is 25.3 Å². The highest BCUT2D eigenvalue weighted by molar-refractivity contribution is 5.83. The highest BCUT2D eigenvalue weighted by Gasteiger charge is 2.25. The summed E-state index contributed by atoms with van der Waals surface area (Å²) in [7, 11) is 0. The fourth-order valence-electron chi connectivity index (χ4n) is 2.38. The van der Waals surface area contributed by atoms with Crippen molar-refractivity contribution in [3.05, 3.63) is 23.3 Å². The number of nitrogens with zero attached hydrogens (tertiary/aromatic N) is 2. The molecule has 0 unspecified atom stereocenters. The summed E-state index contributed by atoms with van der Waals surface area (Å²) in [5.74, 6) is 1.46. The number of nitrogens with two attached hydrogens (primary N) is 1. The minimum atomic E-state index is 0.548. The minimum absolute atomic E-state index is 0.548. The predicted octanol–water partition coefficient (Wildman–Crippen LogP) is 1.99. The number of nitrogens with one attached hydrogen (secondary N) is 1. The van der Waals surface area contributed by atoms with Gasteiger partial charge in [-0.15, -0.1) is 0 Å². The maximum atomic E-state index is 5.75. The number of aromatic nitrogens is 3. The molecule has 3 rings (SSSR count). The Morgan fingerprint density at radius 2 is 2.25 bits per heavy atom. The molecule has 2 heterocycles. The van der Waals surface area contributed by atoms with Gasteiger partial charge in [0.2, 0.25) is 0 Å². The van der Waals surface area contributed by atoms with Crippen molar-refractivity contribution >= 4 is 11.0 Å². The zero-order chi connectivity index (χ0) is 11.1. The van der Waals surface area contributed by atoms with E-state index < -0.39 is 0 Å². The van der Waals surface area contributed by atoms with Gasteiger partial charge in [0.05, 0.1) is 5.69 Å². The molecule has 2 aromatic rings. The Kier molecular flexibility index (Phi) is 2.17. The second-order valence-electron chi connectivity index (χ2n) is 4.53. The fraction of sp³-hybridized carbons (Fsp3) is 0.500. The molecule has 1 fully saturated rings. The summed E-state index contributed by atoms with van der Waals surface area (Å²) in [5, 5.41) is 1.16. The molecule has 16 heavy (non-hydrogen) atoms. The van der Waals surface area contributed by atoms with Crippen LogP contribution in [0.25, 0.3) is 11.0 Å². The molecule has 3 N–H and O–H groups in total. The van der Waals surface area contributed by atoms with Gasteiger partial charge in [0.15, 0.2) is 0 Å². The van der Waals surface area contributed by atoms with Crippen LogP contribution in [-0.4, -0.2) is 15.0 Å². The van der Waals surface area contributed by atoms with Gasteiger partial charge in [-0.3, -0.25) is 0 Å². The molecular weight excluding hydrogens is 200 g/mol. The lowest BCUT2D eigenvalue weighted by Crippen LogP contribution is -2.13. The topological polar surface area (TPSA) is 67.6 Å². The number of H-pyrrole nitrogens is 1. The van der Waals surface area contributed by atoms with Crippen LogP contribution in [0.5, 0.6) is 0 Å². The standard InChI is InChI=1S/C12H16N4/c1-7-15-11(8-3-2-4-8)10-9(5-13)6-14-12(10)16-7/h6,8H,2-5,13H2,1H3,(H,14,15,16). The van der Waals surface area contributed by atoms with Crippen LogP contribution in [0.3, 0.4) is 0 Å². The van der Waals surface area contributed by atoms with Gasteiger partial charge in [-0.1, -0.05) is 6.42 Å². The third-order valence-electron chi connectivity index (χ3n) is 3.46. The van der Waals surface area contributed by atoms with E-state index in [4.69, 9.17) is 5.73 Å². The molecule has 1 saturated carbocycles. The van der Waals surface area contributed by atoms with E-state index in [0.29, 0.717) is 12.5 Å². The molecule has 1 aliphatic rings. The van der Waals surface area contributed by atoms with Crippen molar-refractivity contribution in [1.29, 1.82) is 0 Å². The summed E-state index contributed by atoms with van der Waals surface area (Å²) < 4.78 is 0. The molecule has 0 bridgehead atoms. The Balaban J connectivity index is 2.25. The first-order valence-corrected chi connectivity index (χ1v) is 5.84. The molecule has 0 aromatic carbocycles. The quantitative estimate of drug-likeness (QED) is 0.806. The third-order valence-corrected chi connectivity index (χ3v) is 3.46. The molecule has 0 saturated heterocycles. The smallest absolute Gasteiger partial charge is 0.141 e. The number of aromatic amines is 1. The minimum Gasteiger partial charge on any atom is -0.346 e. The number of aryl methyl sites for hydroxylation is 1. The lowest BCUT2D eigenvalue weighted by atomic mass is 9.81. The Labute approximate surface area is 94.3 Å². The summed E-state index contributed by atoms with van der Waals surface area (Å²) in [5.41, 5.74) is 9.03. The number of fused-ring (bicyclic) bond motifs is 1. The van der Waals surface area contributed by atoms with Crippen LogP contribution in [0.4, 0.5) is 0 Å². The van der Waals surface area contributed by atoms with Crippen molar-refractivity contribution in [3.63, 3.8) is 0 Å². The molecule has 2 aromatic heterocycles. The molecule has 0 aliphatic heterocycles. The third kappa shape index (κ3) is 1.33. The van der Waals surface area contributed by atoms with Crippen molar-refractivity contribution in [2.45, 2.75) is 38.6 Å². The Morgan fingerprint density at radius 3 is 2.88 bits per heavy atom. The first-order valence-electron chi connectivity index (χ1n) is 5.84. The second kappa shape index (κ2) is 3.56. The van der Waals surface area contributed by atoms with Crippen molar-refractivity contribution in [2.24, 2.45) is 5.73 Å². The van der Waals surface area contributed by atoms with Crippen LogP contribution in [-0.2, 0) is 6.54 Å². The van der Waals surface area contributed by atoms with E-state index in [1.54, 1.807) is 0 Å². The van der Waals surface area contributed by atoms with Crippen LogP contribution in [0.2, 0.25) is 0 Å². The predicted molar refractivity (Wildman–Crippen MR) is 63.1 cm³/mol. The fourth-order valence-corrected chi connectivity index (χ4v) is 2.38. The van der Waals surface area contributed by atoms with Gasteiger partial charge >= 0.3 is 0 Å². The first kappa shape index (κ1) is 9.78. The van der Waals surface area contributed by atoms with Gasteiger partial charge in [0.25, 0.3) is 0 Å². The van der Waals surface area contributed by atoms with E-state index in [1.807, 2.05) is 13.1 Å². The van der Waals surface area contributed by atoms with Crippen LogP contribution in [0, 0.1) is 6.92 Å². The largest absolute Gasteiger partial charge is 0.346 e. The van der Waals surface area contributed by atoms with E-state index in [1.165, 1.54) is 25.0 Å². The molecule has 4 heteroatoms. The molecule has 0 atom stereocenters. The second-order valence-corrected chi connectivity index (χ2v) is 4.53. The average molecular weight is 216 g/mol. The summed E-state index contributed by atoms with van der Waals surface area (Å²) in [4.78, 5) is 12.2. The normalized spacial score (nSPS) is 16.6. The lowest BCUT2D eigenvalue weighted by molar-refractivity contribution is 0.413. The van der Waals surface area contributed by atoms with Crippen LogP contribution < -0.4 is 5.73 Å². The summed E-state index contributed by atoms with van der Waals surface area (Å²) >= 11 is 0. The van der Waals surface area contributed by atoms with Gasteiger partial charge in [0.1, 0.15) is 11.5 Å². The van der Waals surface area contributed by atoms with Crippen molar-refractivity contribution < 1.29 is 0 Å². The molecule has 4 nitrogen and oxygen atoms in total. The van der Waals surface area contributed by atoms with Gasteiger partial charge < -0.3 is 10.7 Å². The van der Waals surface area contributed by atoms with Crippen molar-refractivity contribution in [1.82, 2.24) is 15.0 Å². The maximum absolute atomic E-state index is 5.75. The summed E-state index contributed by atoms with van der Waals surface area (Å²) in [6, 6.07) is 0. The van der Waals surface area contributed by atoms with Gasteiger partial charge in [-0.25, -0.2) is 9.97 Å². The van der Waals surface area contributed by atoms with Crippen molar-refractivity contribution in [3.8, 4) is 0 Å². The monoisotopic (exact) mass is 216 g/mol. The van der Waals surface area contributed by atoms with Crippen LogP contribution in [0.1, 0.15) is 42.3 Å². The van der Waals surface area contributed by atoms with E-state index in [0.717, 1.165) is 22.4 Å². The zero-order valence-electron chi connectivity index (χ0n) is 9.45. The van der Waals surface area contributed by atoms with Crippen molar-refractivity contribution in [2.75, 3.05) is 0 Å². The molecule has 0 radical (unpaired) electrons. The van der Waals surface area contributed by atoms with E-state index in [-0.39, 0.29) is 0 Å². The molecule has 1 aliphatic carbocycles. The lowest BCUT2D eigenvalue weighted by Gasteiger charge is -2.25. The maximum Gasteiger partial charge on any atom is 0.141 e. The first-order chi connectivity index (χ1) is 7.79. The number of rotatable bonds is 2. The van der Waals surface area contributed by atoms with E-state index in [2.05, 4.69) is 15.0 Å². The Morgan fingerprint density at radius 1 is 1.44 bits per heavy atom. The number of hydrogen-bond acceptors (Lipinski definition) is 3. The Hall–Kier alpha value is -1.42. The molecular formula is C12H16N4.